The first-order valence-corrected chi connectivity index (χ1v) is 8.04. The fourth-order valence-corrected chi connectivity index (χ4v) is 3.33. The Labute approximate surface area is 132 Å². The fourth-order valence-electron chi connectivity index (χ4n) is 2.81. The number of rotatable bonds is 3. The standard InChI is InChI=1S/C17H16BrClO/c18-15-10-14(6-7-16(15)19)17(20)9-11-4-5-12-2-1-3-13(12)8-11/h4-8,10,17,20H,1-3,9H2. The summed E-state index contributed by atoms with van der Waals surface area (Å²) in [6, 6.07) is 12.2. The molecule has 0 spiro atoms. The maximum Gasteiger partial charge on any atom is 0.0830 e. The van der Waals surface area contributed by atoms with E-state index in [4.69, 9.17) is 11.6 Å². The highest BCUT2D eigenvalue weighted by molar-refractivity contribution is 9.10. The molecule has 2 aromatic rings. The Hall–Kier alpha value is -0.830. The van der Waals surface area contributed by atoms with Crippen molar-refractivity contribution < 1.29 is 5.11 Å². The average molecular weight is 352 g/mol. The van der Waals surface area contributed by atoms with Crippen molar-refractivity contribution in [3.05, 3.63) is 68.1 Å². The normalized spacial score (nSPS) is 15.2. The molecule has 0 aromatic heterocycles. The molecule has 0 fully saturated rings. The van der Waals surface area contributed by atoms with Gasteiger partial charge in [-0.15, -0.1) is 0 Å². The first-order valence-electron chi connectivity index (χ1n) is 6.87. The average Bonchev–Trinajstić information content (AvgIpc) is 2.89. The summed E-state index contributed by atoms with van der Waals surface area (Å²) in [6.45, 7) is 0. The molecule has 1 N–H and O–H groups in total. The van der Waals surface area contributed by atoms with E-state index in [-0.39, 0.29) is 0 Å². The lowest BCUT2D eigenvalue weighted by molar-refractivity contribution is 0.178. The van der Waals surface area contributed by atoms with Crippen LogP contribution in [0.1, 0.15) is 34.8 Å². The minimum atomic E-state index is -0.497. The highest BCUT2D eigenvalue weighted by Crippen LogP contribution is 2.29. The predicted molar refractivity (Wildman–Crippen MR) is 86.3 cm³/mol. The number of hydrogen-bond donors (Lipinski definition) is 1. The number of aliphatic hydroxyl groups is 1. The van der Waals surface area contributed by atoms with Gasteiger partial charge in [0, 0.05) is 10.9 Å². The molecule has 0 aliphatic heterocycles. The van der Waals surface area contributed by atoms with Gasteiger partial charge in [0.05, 0.1) is 11.1 Å². The van der Waals surface area contributed by atoms with Crippen LogP contribution in [0.4, 0.5) is 0 Å². The molecule has 2 aromatic carbocycles. The van der Waals surface area contributed by atoms with E-state index in [1.165, 1.54) is 36.0 Å². The van der Waals surface area contributed by atoms with Gasteiger partial charge in [0.15, 0.2) is 0 Å². The van der Waals surface area contributed by atoms with E-state index in [1.54, 1.807) is 0 Å². The van der Waals surface area contributed by atoms with Gasteiger partial charge in [-0.1, -0.05) is 35.9 Å². The van der Waals surface area contributed by atoms with Crippen LogP contribution in [0, 0.1) is 0 Å². The van der Waals surface area contributed by atoms with Crippen molar-refractivity contribution in [1.29, 1.82) is 0 Å². The van der Waals surface area contributed by atoms with Gasteiger partial charge in [-0.2, -0.15) is 0 Å². The Kier molecular flexibility index (Phi) is 4.16. The van der Waals surface area contributed by atoms with E-state index in [0.29, 0.717) is 11.4 Å². The van der Waals surface area contributed by atoms with Crippen LogP contribution in [0.5, 0.6) is 0 Å². The summed E-state index contributed by atoms with van der Waals surface area (Å²) < 4.78 is 0.824. The quantitative estimate of drug-likeness (QED) is 0.836. The second-order valence-corrected chi connectivity index (χ2v) is 6.61. The lowest BCUT2D eigenvalue weighted by Gasteiger charge is -2.13. The molecule has 1 atom stereocenters. The van der Waals surface area contributed by atoms with Crippen molar-refractivity contribution in [2.45, 2.75) is 31.8 Å². The molecule has 0 amide bonds. The predicted octanol–water partition coefficient (Wildman–Crippen LogP) is 4.87. The molecule has 0 radical (unpaired) electrons. The Balaban J connectivity index is 1.78. The van der Waals surface area contributed by atoms with Crippen molar-refractivity contribution >= 4 is 27.5 Å². The first kappa shape index (κ1) is 14.1. The molecule has 3 heteroatoms. The highest BCUT2D eigenvalue weighted by Gasteiger charge is 2.14. The largest absolute Gasteiger partial charge is 0.388 e. The van der Waals surface area contributed by atoms with Crippen LogP contribution < -0.4 is 0 Å². The van der Waals surface area contributed by atoms with Crippen molar-refractivity contribution in [2.24, 2.45) is 0 Å². The SMILES string of the molecule is OC(Cc1ccc2c(c1)CCC2)c1ccc(Cl)c(Br)c1. The zero-order chi connectivity index (χ0) is 14.1. The van der Waals surface area contributed by atoms with E-state index >= 15 is 0 Å². The van der Waals surface area contributed by atoms with Crippen LogP contribution in [0.25, 0.3) is 0 Å². The molecule has 1 nitrogen and oxygen atoms in total. The van der Waals surface area contributed by atoms with Gasteiger partial charge in [0.2, 0.25) is 0 Å². The summed E-state index contributed by atoms with van der Waals surface area (Å²) in [5, 5.41) is 11.0. The molecular formula is C17H16BrClO. The number of fused-ring (bicyclic) bond motifs is 1. The summed E-state index contributed by atoms with van der Waals surface area (Å²) in [5.74, 6) is 0. The lowest BCUT2D eigenvalue weighted by atomic mass is 9.98. The molecule has 104 valence electrons. The minimum Gasteiger partial charge on any atom is -0.388 e. The van der Waals surface area contributed by atoms with Gasteiger partial charge in [0.25, 0.3) is 0 Å². The van der Waals surface area contributed by atoms with Gasteiger partial charge < -0.3 is 5.11 Å². The maximum absolute atomic E-state index is 10.4. The van der Waals surface area contributed by atoms with Crippen molar-refractivity contribution in [3.8, 4) is 0 Å². The maximum atomic E-state index is 10.4. The van der Waals surface area contributed by atoms with Crippen LogP contribution in [0.15, 0.2) is 40.9 Å². The van der Waals surface area contributed by atoms with Crippen LogP contribution >= 0.6 is 27.5 Å². The monoisotopic (exact) mass is 350 g/mol. The summed E-state index contributed by atoms with van der Waals surface area (Å²) in [4.78, 5) is 0. The molecule has 0 saturated carbocycles. The first-order chi connectivity index (χ1) is 9.63. The summed E-state index contributed by atoms with van der Waals surface area (Å²) in [7, 11) is 0. The van der Waals surface area contributed by atoms with Crippen LogP contribution in [-0.2, 0) is 19.3 Å². The number of benzene rings is 2. The number of hydrogen-bond acceptors (Lipinski definition) is 1. The van der Waals surface area contributed by atoms with Crippen LogP contribution in [-0.4, -0.2) is 5.11 Å². The van der Waals surface area contributed by atoms with Gasteiger partial charge >= 0.3 is 0 Å². The summed E-state index contributed by atoms with van der Waals surface area (Å²) >= 11 is 9.38. The second-order valence-electron chi connectivity index (χ2n) is 5.35. The Bertz CT molecular complexity index is 639. The Morgan fingerprint density at radius 3 is 2.70 bits per heavy atom. The molecule has 1 aliphatic carbocycles. The van der Waals surface area contributed by atoms with E-state index in [9.17, 15) is 5.11 Å². The molecule has 3 rings (SSSR count). The van der Waals surface area contributed by atoms with E-state index in [1.807, 2.05) is 18.2 Å². The number of halogens is 2. The van der Waals surface area contributed by atoms with Crippen molar-refractivity contribution in [1.82, 2.24) is 0 Å². The topological polar surface area (TPSA) is 20.2 Å². The van der Waals surface area contributed by atoms with Gasteiger partial charge in [0.1, 0.15) is 0 Å². The second kappa shape index (κ2) is 5.88. The molecule has 0 bridgehead atoms. The molecule has 20 heavy (non-hydrogen) atoms. The molecule has 1 unspecified atom stereocenters. The van der Waals surface area contributed by atoms with E-state index in [0.717, 1.165) is 10.0 Å². The minimum absolute atomic E-state index is 0.497. The number of aliphatic hydroxyl groups excluding tert-OH is 1. The fraction of sp³-hybridized carbons (Fsp3) is 0.294. The summed E-state index contributed by atoms with van der Waals surface area (Å²) in [5.41, 5.74) is 5.01. The zero-order valence-corrected chi connectivity index (χ0v) is 13.4. The van der Waals surface area contributed by atoms with E-state index in [2.05, 4.69) is 34.1 Å². The Morgan fingerprint density at radius 1 is 1.10 bits per heavy atom. The third-order valence-electron chi connectivity index (χ3n) is 3.92. The third-order valence-corrected chi connectivity index (χ3v) is 5.13. The number of aryl methyl sites for hydroxylation is 2. The van der Waals surface area contributed by atoms with Crippen molar-refractivity contribution in [3.63, 3.8) is 0 Å². The molecule has 0 heterocycles. The smallest absolute Gasteiger partial charge is 0.0830 e. The lowest BCUT2D eigenvalue weighted by Crippen LogP contribution is -2.02. The van der Waals surface area contributed by atoms with Crippen LogP contribution in [0.3, 0.4) is 0 Å². The summed E-state index contributed by atoms with van der Waals surface area (Å²) in [6.07, 6.45) is 3.77. The molecule has 1 aliphatic rings. The van der Waals surface area contributed by atoms with Gasteiger partial charge in [-0.25, -0.2) is 0 Å². The Morgan fingerprint density at radius 2 is 1.90 bits per heavy atom. The van der Waals surface area contributed by atoms with Crippen molar-refractivity contribution in [2.75, 3.05) is 0 Å². The molecular weight excluding hydrogens is 336 g/mol. The highest BCUT2D eigenvalue weighted by atomic mass is 79.9. The van der Waals surface area contributed by atoms with Crippen LogP contribution in [0.2, 0.25) is 5.02 Å². The molecule has 0 saturated heterocycles. The van der Waals surface area contributed by atoms with E-state index < -0.39 is 6.10 Å². The van der Waals surface area contributed by atoms with Gasteiger partial charge in [-0.05, 0) is 69.6 Å². The van der Waals surface area contributed by atoms with Gasteiger partial charge in [-0.3, -0.25) is 0 Å². The third kappa shape index (κ3) is 2.93. The zero-order valence-electron chi connectivity index (χ0n) is 11.1.